The Kier molecular flexibility index (Phi) is 2.29. The zero-order valence-electron chi connectivity index (χ0n) is 6.55. The van der Waals surface area contributed by atoms with Crippen LogP contribution in [-0.4, -0.2) is 11.1 Å². The third-order valence-corrected chi connectivity index (χ3v) is 2.71. The average molecular weight is 170 g/mol. The molecule has 2 nitrogen and oxygen atoms in total. The van der Waals surface area contributed by atoms with Crippen LogP contribution in [0.1, 0.15) is 16.0 Å². The Morgan fingerprint density at radius 2 is 2.27 bits per heavy atom. The van der Waals surface area contributed by atoms with Gasteiger partial charge < -0.3 is 5.11 Å². The lowest BCUT2D eigenvalue weighted by Crippen LogP contribution is -2.01. The molecule has 0 bridgehead atoms. The number of thiophene rings is 1. The highest BCUT2D eigenvalue weighted by atomic mass is 32.1. The van der Waals surface area contributed by atoms with Crippen molar-refractivity contribution >= 4 is 17.3 Å². The van der Waals surface area contributed by atoms with Crippen molar-refractivity contribution in [1.29, 1.82) is 0 Å². The summed E-state index contributed by atoms with van der Waals surface area (Å²) >= 11 is 1.61. The van der Waals surface area contributed by atoms with E-state index in [9.17, 15) is 4.79 Å². The number of rotatable bonds is 2. The summed E-state index contributed by atoms with van der Waals surface area (Å²) in [4.78, 5) is 11.5. The van der Waals surface area contributed by atoms with Crippen LogP contribution in [0.3, 0.4) is 0 Å². The predicted molar refractivity (Wildman–Crippen MR) is 45.1 cm³/mol. The second-order valence-corrected chi connectivity index (χ2v) is 3.61. The first-order chi connectivity index (χ1) is 5.11. The molecule has 1 aromatic heterocycles. The van der Waals surface area contributed by atoms with Crippen LogP contribution in [0.5, 0.6) is 0 Å². The van der Waals surface area contributed by atoms with Crippen molar-refractivity contribution in [3.8, 4) is 0 Å². The molecule has 0 aliphatic rings. The largest absolute Gasteiger partial charge is 0.481 e. The van der Waals surface area contributed by atoms with Gasteiger partial charge in [-0.2, -0.15) is 0 Å². The van der Waals surface area contributed by atoms with Gasteiger partial charge in [-0.05, 0) is 30.4 Å². The minimum absolute atomic E-state index is 0.154. The Labute approximate surface area is 69.5 Å². The summed E-state index contributed by atoms with van der Waals surface area (Å²) < 4.78 is 0. The fourth-order valence-electron chi connectivity index (χ4n) is 1.01. The van der Waals surface area contributed by atoms with Crippen LogP contribution in [0.4, 0.5) is 0 Å². The molecule has 0 unspecified atom stereocenters. The van der Waals surface area contributed by atoms with Crippen LogP contribution < -0.4 is 0 Å². The molecule has 0 amide bonds. The number of aliphatic carboxylic acids is 1. The van der Waals surface area contributed by atoms with Crippen molar-refractivity contribution in [2.75, 3.05) is 0 Å². The van der Waals surface area contributed by atoms with Crippen molar-refractivity contribution in [2.45, 2.75) is 20.3 Å². The van der Waals surface area contributed by atoms with Crippen molar-refractivity contribution in [2.24, 2.45) is 0 Å². The molecule has 11 heavy (non-hydrogen) atoms. The van der Waals surface area contributed by atoms with E-state index >= 15 is 0 Å². The minimum Gasteiger partial charge on any atom is -0.481 e. The van der Waals surface area contributed by atoms with E-state index in [1.165, 1.54) is 0 Å². The van der Waals surface area contributed by atoms with Crippen molar-refractivity contribution in [3.63, 3.8) is 0 Å². The van der Waals surface area contributed by atoms with Gasteiger partial charge in [0.2, 0.25) is 0 Å². The predicted octanol–water partition coefficient (Wildman–Crippen LogP) is 1.99. The maximum atomic E-state index is 10.4. The second-order valence-electron chi connectivity index (χ2n) is 2.52. The molecule has 60 valence electrons. The van der Waals surface area contributed by atoms with Crippen LogP contribution in [0.15, 0.2) is 5.38 Å². The summed E-state index contributed by atoms with van der Waals surface area (Å²) in [5, 5.41) is 10.5. The van der Waals surface area contributed by atoms with E-state index in [0.717, 1.165) is 16.0 Å². The molecule has 0 spiro atoms. The van der Waals surface area contributed by atoms with Gasteiger partial charge in [0.1, 0.15) is 0 Å². The van der Waals surface area contributed by atoms with Gasteiger partial charge in [0.25, 0.3) is 0 Å². The van der Waals surface area contributed by atoms with Gasteiger partial charge >= 0.3 is 5.97 Å². The van der Waals surface area contributed by atoms with Gasteiger partial charge in [-0.1, -0.05) is 0 Å². The highest BCUT2D eigenvalue weighted by Crippen LogP contribution is 2.20. The van der Waals surface area contributed by atoms with Gasteiger partial charge in [-0.15, -0.1) is 11.3 Å². The maximum Gasteiger partial charge on any atom is 0.307 e. The molecule has 0 aliphatic heterocycles. The van der Waals surface area contributed by atoms with Crippen LogP contribution in [0, 0.1) is 13.8 Å². The molecule has 0 radical (unpaired) electrons. The van der Waals surface area contributed by atoms with Crippen LogP contribution in [-0.2, 0) is 11.2 Å². The highest BCUT2D eigenvalue weighted by Gasteiger charge is 2.07. The van der Waals surface area contributed by atoms with Gasteiger partial charge in [-0.3, -0.25) is 4.79 Å². The average Bonchev–Trinajstić information content (AvgIpc) is 2.18. The van der Waals surface area contributed by atoms with E-state index in [0.29, 0.717) is 0 Å². The van der Waals surface area contributed by atoms with E-state index in [-0.39, 0.29) is 6.42 Å². The van der Waals surface area contributed by atoms with E-state index < -0.39 is 5.97 Å². The van der Waals surface area contributed by atoms with Gasteiger partial charge in [0.15, 0.2) is 0 Å². The molecule has 0 atom stereocenters. The standard InChI is InChI=1S/C8H10O2S/c1-5-4-11-6(2)7(5)3-8(9)10/h4H,3H2,1-2H3,(H,9,10). The molecule has 1 rings (SSSR count). The van der Waals surface area contributed by atoms with Crippen molar-refractivity contribution in [1.82, 2.24) is 0 Å². The summed E-state index contributed by atoms with van der Waals surface area (Å²) in [7, 11) is 0. The quantitative estimate of drug-likeness (QED) is 0.737. The molecule has 1 heterocycles. The Morgan fingerprint density at radius 3 is 2.64 bits per heavy atom. The molecule has 0 saturated heterocycles. The Balaban J connectivity index is 2.92. The second kappa shape index (κ2) is 3.05. The number of carbonyl (C=O) groups is 1. The van der Waals surface area contributed by atoms with Gasteiger partial charge in [0.05, 0.1) is 6.42 Å². The zero-order chi connectivity index (χ0) is 8.43. The summed E-state index contributed by atoms with van der Waals surface area (Å²) in [6.07, 6.45) is 0.154. The monoisotopic (exact) mass is 170 g/mol. The number of carboxylic acid groups (broad SMARTS) is 1. The number of aryl methyl sites for hydroxylation is 2. The third kappa shape index (κ3) is 1.80. The zero-order valence-corrected chi connectivity index (χ0v) is 7.36. The lowest BCUT2D eigenvalue weighted by Gasteiger charge is -1.95. The maximum absolute atomic E-state index is 10.4. The number of carboxylic acids is 1. The summed E-state index contributed by atoms with van der Waals surface area (Å²) in [5.74, 6) is -0.755. The highest BCUT2D eigenvalue weighted by molar-refractivity contribution is 7.10. The fraction of sp³-hybridized carbons (Fsp3) is 0.375. The lowest BCUT2D eigenvalue weighted by atomic mass is 10.1. The molecule has 1 N–H and O–H groups in total. The minimum atomic E-state index is -0.755. The van der Waals surface area contributed by atoms with Crippen LogP contribution >= 0.6 is 11.3 Å². The summed E-state index contributed by atoms with van der Waals surface area (Å²) in [5.41, 5.74) is 2.07. The first kappa shape index (κ1) is 8.27. The van der Waals surface area contributed by atoms with E-state index in [4.69, 9.17) is 5.11 Å². The van der Waals surface area contributed by atoms with Gasteiger partial charge in [0, 0.05) is 4.88 Å². The smallest absolute Gasteiger partial charge is 0.307 e. The Morgan fingerprint density at radius 1 is 1.64 bits per heavy atom. The Bertz CT molecular complexity index is 256. The van der Waals surface area contributed by atoms with E-state index in [1.807, 2.05) is 19.2 Å². The molecule has 0 saturated carbocycles. The molecule has 1 aromatic rings. The molecular weight excluding hydrogens is 160 g/mol. The molecular formula is C8H10O2S. The molecule has 0 fully saturated rings. The third-order valence-electron chi connectivity index (χ3n) is 1.64. The summed E-state index contributed by atoms with van der Waals surface area (Å²) in [6, 6.07) is 0. The first-order valence-electron chi connectivity index (χ1n) is 3.36. The molecule has 3 heteroatoms. The number of hydrogen-bond donors (Lipinski definition) is 1. The number of hydrogen-bond acceptors (Lipinski definition) is 2. The fourth-order valence-corrected chi connectivity index (χ4v) is 1.88. The Hall–Kier alpha value is -0.830. The lowest BCUT2D eigenvalue weighted by molar-refractivity contribution is -0.136. The molecule has 0 aliphatic carbocycles. The first-order valence-corrected chi connectivity index (χ1v) is 4.24. The van der Waals surface area contributed by atoms with Crippen molar-refractivity contribution < 1.29 is 9.90 Å². The van der Waals surface area contributed by atoms with Gasteiger partial charge in [-0.25, -0.2) is 0 Å². The van der Waals surface area contributed by atoms with Crippen LogP contribution in [0.2, 0.25) is 0 Å². The molecule has 0 aromatic carbocycles. The van der Waals surface area contributed by atoms with Crippen LogP contribution in [0.25, 0.3) is 0 Å². The topological polar surface area (TPSA) is 37.3 Å². The normalized spacial score (nSPS) is 10.0. The summed E-state index contributed by atoms with van der Waals surface area (Å²) in [6.45, 7) is 3.90. The SMILES string of the molecule is Cc1csc(C)c1CC(=O)O. The van der Waals surface area contributed by atoms with Crippen molar-refractivity contribution in [3.05, 3.63) is 21.4 Å². The van der Waals surface area contributed by atoms with E-state index in [2.05, 4.69) is 0 Å². The van der Waals surface area contributed by atoms with E-state index in [1.54, 1.807) is 11.3 Å².